The molecule has 2 amide bonds. The van der Waals surface area contributed by atoms with Gasteiger partial charge in [-0.3, -0.25) is 9.59 Å². The number of aryl methyl sites for hydroxylation is 1. The summed E-state index contributed by atoms with van der Waals surface area (Å²) in [6.07, 6.45) is 0.0624. The number of hydrogen-bond acceptors (Lipinski definition) is 4. The average Bonchev–Trinajstić information content (AvgIpc) is 2.86. The highest BCUT2D eigenvalue weighted by Gasteiger charge is 2.39. The topological polar surface area (TPSA) is 86.7 Å². The van der Waals surface area contributed by atoms with Crippen molar-refractivity contribution in [3.8, 4) is 0 Å². The molecule has 1 unspecified atom stereocenters. The van der Waals surface area contributed by atoms with Crippen LogP contribution in [0.5, 0.6) is 0 Å². The van der Waals surface area contributed by atoms with Gasteiger partial charge in [-0.05, 0) is 55.3 Å². The van der Waals surface area contributed by atoms with E-state index in [0.29, 0.717) is 5.69 Å². The molecule has 1 saturated heterocycles. The van der Waals surface area contributed by atoms with Gasteiger partial charge in [0.2, 0.25) is 5.91 Å². The van der Waals surface area contributed by atoms with Gasteiger partial charge in [0, 0.05) is 5.69 Å². The molecule has 25 heavy (non-hydrogen) atoms. The highest BCUT2D eigenvalue weighted by molar-refractivity contribution is 6.23. The van der Waals surface area contributed by atoms with Crippen molar-refractivity contribution in [3.05, 3.63) is 59.2 Å². The molecule has 0 spiro atoms. The van der Waals surface area contributed by atoms with Gasteiger partial charge in [-0.2, -0.15) is 0 Å². The molecule has 6 heteroatoms. The number of benzene rings is 2. The van der Waals surface area contributed by atoms with E-state index in [1.54, 1.807) is 0 Å². The first kappa shape index (κ1) is 16.7. The average molecular weight is 338 g/mol. The summed E-state index contributed by atoms with van der Waals surface area (Å²) >= 11 is 0. The van der Waals surface area contributed by atoms with E-state index in [2.05, 4.69) is 5.32 Å². The molecule has 2 aromatic carbocycles. The van der Waals surface area contributed by atoms with Gasteiger partial charge in [-0.1, -0.05) is 12.1 Å². The van der Waals surface area contributed by atoms with Gasteiger partial charge in [0.1, 0.15) is 6.04 Å². The van der Waals surface area contributed by atoms with Crippen LogP contribution in [0.15, 0.2) is 42.5 Å². The lowest BCUT2D eigenvalue weighted by Gasteiger charge is -2.17. The minimum absolute atomic E-state index is 0.0624. The summed E-state index contributed by atoms with van der Waals surface area (Å²) < 4.78 is 0. The Bertz CT molecular complexity index is 858. The van der Waals surface area contributed by atoms with E-state index in [9.17, 15) is 14.4 Å². The first-order valence-electron chi connectivity index (χ1n) is 7.91. The summed E-state index contributed by atoms with van der Waals surface area (Å²) in [7, 11) is 0. The molecule has 0 aliphatic carbocycles. The second-order valence-corrected chi connectivity index (χ2v) is 6.07. The predicted molar refractivity (Wildman–Crippen MR) is 93.8 cm³/mol. The van der Waals surface area contributed by atoms with E-state index in [1.807, 2.05) is 32.0 Å². The van der Waals surface area contributed by atoms with Crippen LogP contribution in [0.2, 0.25) is 0 Å². The van der Waals surface area contributed by atoms with E-state index in [4.69, 9.17) is 5.11 Å². The molecular weight excluding hydrogens is 320 g/mol. The SMILES string of the molecule is Cc1cccc(NC2CC(=O)N(c3ccc(C(=O)O)cc3)C2=O)c1C. The van der Waals surface area contributed by atoms with Gasteiger partial charge in [0.25, 0.3) is 5.91 Å². The first-order valence-corrected chi connectivity index (χ1v) is 7.91. The van der Waals surface area contributed by atoms with Crippen molar-refractivity contribution < 1.29 is 19.5 Å². The van der Waals surface area contributed by atoms with Gasteiger partial charge in [0.15, 0.2) is 0 Å². The zero-order valence-electron chi connectivity index (χ0n) is 13.9. The van der Waals surface area contributed by atoms with Crippen molar-refractivity contribution >= 4 is 29.2 Å². The molecule has 2 N–H and O–H groups in total. The van der Waals surface area contributed by atoms with E-state index < -0.39 is 12.0 Å². The van der Waals surface area contributed by atoms with Gasteiger partial charge in [-0.15, -0.1) is 0 Å². The Morgan fingerprint density at radius 3 is 2.44 bits per heavy atom. The van der Waals surface area contributed by atoms with Crippen molar-refractivity contribution in [2.45, 2.75) is 26.3 Å². The predicted octanol–water partition coefficient (Wildman–Crippen LogP) is 2.75. The summed E-state index contributed by atoms with van der Waals surface area (Å²) in [6.45, 7) is 3.94. The number of carboxylic acids is 1. The van der Waals surface area contributed by atoms with Gasteiger partial charge < -0.3 is 10.4 Å². The fraction of sp³-hybridized carbons (Fsp3) is 0.211. The smallest absolute Gasteiger partial charge is 0.335 e. The van der Waals surface area contributed by atoms with E-state index in [0.717, 1.165) is 21.7 Å². The summed E-state index contributed by atoms with van der Waals surface area (Å²) in [5, 5.41) is 12.1. The number of carboxylic acid groups (broad SMARTS) is 1. The standard InChI is InChI=1S/C19H18N2O4/c1-11-4-3-5-15(12(11)2)20-16-10-17(22)21(18(16)23)14-8-6-13(7-9-14)19(24)25/h3-9,16,20H,10H2,1-2H3,(H,24,25). The number of aromatic carboxylic acids is 1. The van der Waals surface area contributed by atoms with Gasteiger partial charge >= 0.3 is 5.97 Å². The molecular formula is C19H18N2O4. The van der Waals surface area contributed by atoms with Crippen LogP contribution in [0.4, 0.5) is 11.4 Å². The Labute approximate surface area is 145 Å². The minimum Gasteiger partial charge on any atom is -0.478 e. The lowest BCUT2D eigenvalue weighted by Crippen LogP contribution is -2.35. The quantitative estimate of drug-likeness (QED) is 0.837. The Hall–Kier alpha value is -3.15. The fourth-order valence-corrected chi connectivity index (χ4v) is 2.86. The van der Waals surface area contributed by atoms with Crippen LogP contribution in [0, 0.1) is 13.8 Å². The molecule has 1 aliphatic heterocycles. The number of amides is 2. The zero-order valence-corrected chi connectivity index (χ0v) is 13.9. The second kappa shape index (κ2) is 6.39. The molecule has 3 rings (SSSR count). The van der Waals surface area contributed by atoms with Crippen molar-refractivity contribution in [1.82, 2.24) is 0 Å². The normalized spacial score (nSPS) is 17.0. The Morgan fingerprint density at radius 1 is 1.12 bits per heavy atom. The van der Waals surface area contributed by atoms with E-state index >= 15 is 0 Å². The summed E-state index contributed by atoms with van der Waals surface area (Å²) in [5.74, 6) is -1.70. The van der Waals surface area contributed by atoms with Gasteiger partial charge in [0.05, 0.1) is 17.7 Å². The summed E-state index contributed by atoms with van der Waals surface area (Å²) in [5.41, 5.74) is 3.45. The fourth-order valence-electron chi connectivity index (χ4n) is 2.86. The van der Waals surface area contributed by atoms with Crippen LogP contribution < -0.4 is 10.2 Å². The maximum Gasteiger partial charge on any atom is 0.335 e. The van der Waals surface area contributed by atoms with Gasteiger partial charge in [-0.25, -0.2) is 9.69 Å². The monoisotopic (exact) mass is 338 g/mol. The lowest BCUT2D eigenvalue weighted by molar-refractivity contribution is -0.121. The Balaban J connectivity index is 1.82. The third kappa shape index (κ3) is 3.10. The molecule has 0 aromatic heterocycles. The third-order valence-electron chi connectivity index (χ3n) is 4.45. The molecule has 1 heterocycles. The molecule has 1 fully saturated rings. The Kier molecular flexibility index (Phi) is 4.27. The van der Waals surface area contributed by atoms with Crippen molar-refractivity contribution in [3.63, 3.8) is 0 Å². The van der Waals surface area contributed by atoms with Crippen molar-refractivity contribution in [1.29, 1.82) is 0 Å². The van der Waals surface area contributed by atoms with Crippen LogP contribution in [0.1, 0.15) is 27.9 Å². The van der Waals surface area contributed by atoms with Crippen LogP contribution >= 0.6 is 0 Å². The zero-order chi connectivity index (χ0) is 18.1. The van der Waals surface area contributed by atoms with Crippen LogP contribution in [-0.4, -0.2) is 28.9 Å². The molecule has 128 valence electrons. The second-order valence-electron chi connectivity index (χ2n) is 6.07. The molecule has 1 atom stereocenters. The highest BCUT2D eigenvalue weighted by Crippen LogP contribution is 2.27. The molecule has 0 bridgehead atoms. The van der Waals surface area contributed by atoms with Crippen LogP contribution in [-0.2, 0) is 9.59 Å². The largest absolute Gasteiger partial charge is 0.478 e. The van der Waals surface area contributed by atoms with E-state index in [-0.39, 0.29) is 23.8 Å². The number of nitrogens with zero attached hydrogens (tertiary/aromatic N) is 1. The minimum atomic E-state index is -1.06. The maximum absolute atomic E-state index is 12.7. The Morgan fingerprint density at radius 2 is 1.80 bits per heavy atom. The molecule has 0 radical (unpaired) electrons. The first-order chi connectivity index (χ1) is 11.9. The molecule has 1 aliphatic rings. The van der Waals surface area contributed by atoms with E-state index in [1.165, 1.54) is 24.3 Å². The number of hydrogen-bond donors (Lipinski definition) is 2. The number of nitrogens with one attached hydrogen (secondary N) is 1. The maximum atomic E-state index is 12.7. The number of rotatable bonds is 4. The van der Waals surface area contributed by atoms with Crippen molar-refractivity contribution in [2.24, 2.45) is 0 Å². The highest BCUT2D eigenvalue weighted by atomic mass is 16.4. The number of imide groups is 1. The van der Waals surface area contributed by atoms with Crippen LogP contribution in [0.3, 0.4) is 0 Å². The van der Waals surface area contributed by atoms with Crippen LogP contribution in [0.25, 0.3) is 0 Å². The number of carbonyl (C=O) groups is 3. The number of anilines is 2. The van der Waals surface area contributed by atoms with Crippen molar-refractivity contribution in [2.75, 3.05) is 10.2 Å². The summed E-state index contributed by atoms with van der Waals surface area (Å²) in [4.78, 5) is 37.0. The molecule has 6 nitrogen and oxygen atoms in total. The third-order valence-corrected chi connectivity index (χ3v) is 4.45. The molecule has 2 aromatic rings. The number of carbonyl (C=O) groups excluding carboxylic acids is 2. The summed E-state index contributed by atoms with van der Waals surface area (Å²) in [6, 6.07) is 10.8. The molecule has 0 saturated carbocycles. The lowest BCUT2D eigenvalue weighted by atomic mass is 10.1.